The van der Waals surface area contributed by atoms with Crippen LogP contribution in [0.25, 0.3) is 0 Å². The maximum absolute atomic E-state index is 12.9. The Labute approximate surface area is 499 Å². The number of rotatable bonds is 59. The SMILES string of the molecule is CC/C=C\C/C=C\C/C=C\C/C=C\C/C=C\CCCCCCCCCCCC(=O)OCC(COC(=O)C/C=C\C/C=C\C/C=C\C/C=C\C/C=C\CC)OC(=O)CCCCCCCCCCCCC/C=C\C/C=C\CCCCCCC. The van der Waals surface area contributed by atoms with Gasteiger partial charge in [-0.2, -0.15) is 0 Å². The zero-order valence-electron chi connectivity index (χ0n) is 52.5. The van der Waals surface area contributed by atoms with E-state index in [-0.39, 0.29) is 31.6 Å². The molecule has 6 heteroatoms. The number of ether oxygens (including phenoxy) is 3. The van der Waals surface area contributed by atoms with Gasteiger partial charge in [-0.15, -0.1) is 0 Å². The fourth-order valence-electron chi connectivity index (χ4n) is 8.93. The molecule has 0 aromatic heterocycles. The molecule has 0 rings (SSSR count). The van der Waals surface area contributed by atoms with E-state index < -0.39 is 12.1 Å². The summed E-state index contributed by atoms with van der Waals surface area (Å²) < 4.78 is 16.8. The van der Waals surface area contributed by atoms with E-state index in [4.69, 9.17) is 14.2 Å². The Kier molecular flexibility index (Phi) is 63.9. The maximum atomic E-state index is 12.9. The summed E-state index contributed by atoms with van der Waals surface area (Å²) in [4.78, 5) is 38.3. The second-order valence-electron chi connectivity index (χ2n) is 21.6. The lowest BCUT2D eigenvalue weighted by molar-refractivity contribution is -0.166. The number of hydrogen-bond donors (Lipinski definition) is 0. The van der Waals surface area contributed by atoms with Crippen LogP contribution in [0.5, 0.6) is 0 Å². The molecule has 0 heterocycles. The molecule has 0 spiro atoms. The lowest BCUT2D eigenvalue weighted by atomic mass is 10.0. The van der Waals surface area contributed by atoms with Crippen LogP contribution in [-0.2, 0) is 28.6 Å². The summed E-state index contributed by atoms with van der Waals surface area (Å²) in [6.45, 7) is 6.32. The smallest absolute Gasteiger partial charge is 0.309 e. The summed E-state index contributed by atoms with van der Waals surface area (Å²) in [5, 5.41) is 0. The molecule has 81 heavy (non-hydrogen) atoms. The topological polar surface area (TPSA) is 78.9 Å². The van der Waals surface area contributed by atoms with Gasteiger partial charge in [0.1, 0.15) is 13.2 Å². The van der Waals surface area contributed by atoms with E-state index >= 15 is 0 Å². The molecule has 0 saturated heterocycles. The molecular formula is C75H122O6. The third-order valence-electron chi connectivity index (χ3n) is 13.8. The van der Waals surface area contributed by atoms with Crippen molar-refractivity contribution in [1.29, 1.82) is 0 Å². The van der Waals surface area contributed by atoms with Gasteiger partial charge in [0.05, 0.1) is 6.42 Å². The number of allylic oxidation sites excluding steroid dienone is 23. The summed E-state index contributed by atoms with van der Waals surface area (Å²) in [5.41, 5.74) is 0. The molecule has 458 valence electrons. The van der Waals surface area contributed by atoms with Gasteiger partial charge in [-0.05, 0) is 122 Å². The average molecular weight is 1120 g/mol. The van der Waals surface area contributed by atoms with Crippen molar-refractivity contribution in [1.82, 2.24) is 0 Å². The molecular weight excluding hydrogens is 997 g/mol. The van der Waals surface area contributed by atoms with Crippen molar-refractivity contribution in [3.63, 3.8) is 0 Å². The fourth-order valence-corrected chi connectivity index (χ4v) is 8.93. The number of hydrogen-bond acceptors (Lipinski definition) is 6. The van der Waals surface area contributed by atoms with Crippen molar-refractivity contribution in [2.75, 3.05) is 13.2 Å². The molecule has 0 radical (unpaired) electrons. The van der Waals surface area contributed by atoms with Crippen LogP contribution in [0.2, 0.25) is 0 Å². The Morgan fingerprint density at radius 3 is 0.864 bits per heavy atom. The van der Waals surface area contributed by atoms with Crippen molar-refractivity contribution in [2.24, 2.45) is 0 Å². The summed E-state index contributed by atoms with van der Waals surface area (Å²) in [5.74, 6) is -1.06. The summed E-state index contributed by atoms with van der Waals surface area (Å²) >= 11 is 0. The third-order valence-corrected chi connectivity index (χ3v) is 13.8. The van der Waals surface area contributed by atoms with E-state index in [1.54, 1.807) is 6.08 Å². The van der Waals surface area contributed by atoms with Gasteiger partial charge < -0.3 is 14.2 Å². The van der Waals surface area contributed by atoms with Gasteiger partial charge in [-0.1, -0.05) is 295 Å². The Hall–Kier alpha value is -4.71. The molecule has 6 nitrogen and oxygen atoms in total. The van der Waals surface area contributed by atoms with E-state index in [1.807, 2.05) is 6.08 Å². The monoisotopic (exact) mass is 1120 g/mol. The summed E-state index contributed by atoms with van der Waals surface area (Å²) in [6.07, 6.45) is 97.4. The predicted octanol–water partition coefficient (Wildman–Crippen LogP) is 23.1. The van der Waals surface area contributed by atoms with Gasteiger partial charge in [0.15, 0.2) is 6.10 Å². The van der Waals surface area contributed by atoms with Crippen LogP contribution in [0.4, 0.5) is 0 Å². The highest BCUT2D eigenvalue weighted by Crippen LogP contribution is 2.16. The number of esters is 3. The highest BCUT2D eigenvalue weighted by molar-refractivity contribution is 5.72. The zero-order valence-corrected chi connectivity index (χ0v) is 52.5. The highest BCUT2D eigenvalue weighted by atomic mass is 16.6. The molecule has 0 aliphatic carbocycles. The van der Waals surface area contributed by atoms with Crippen molar-refractivity contribution in [3.05, 3.63) is 146 Å². The molecule has 0 amide bonds. The fraction of sp³-hybridized carbons (Fsp3) is 0.640. The Morgan fingerprint density at radius 1 is 0.272 bits per heavy atom. The van der Waals surface area contributed by atoms with Crippen LogP contribution in [0, 0.1) is 0 Å². The normalized spacial score (nSPS) is 13.1. The van der Waals surface area contributed by atoms with Crippen LogP contribution in [0.15, 0.2) is 146 Å². The lowest BCUT2D eigenvalue weighted by Gasteiger charge is -2.18. The van der Waals surface area contributed by atoms with Crippen molar-refractivity contribution < 1.29 is 28.6 Å². The molecule has 0 saturated carbocycles. The van der Waals surface area contributed by atoms with Crippen LogP contribution in [0.1, 0.15) is 290 Å². The molecule has 1 atom stereocenters. The van der Waals surface area contributed by atoms with Crippen molar-refractivity contribution in [2.45, 2.75) is 297 Å². The first-order valence-electron chi connectivity index (χ1n) is 33.3. The van der Waals surface area contributed by atoms with E-state index in [2.05, 4.69) is 154 Å². The third kappa shape index (κ3) is 66.0. The molecule has 1 unspecified atom stereocenters. The summed E-state index contributed by atoms with van der Waals surface area (Å²) in [7, 11) is 0. The van der Waals surface area contributed by atoms with Gasteiger partial charge in [0.2, 0.25) is 0 Å². The Morgan fingerprint density at radius 2 is 0.531 bits per heavy atom. The van der Waals surface area contributed by atoms with E-state index in [0.717, 1.165) is 116 Å². The maximum Gasteiger partial charge on any atom is 0.309 e. The van der Waals surface area contributed by atoms with E-state index in [9.17, 15) is 14.4 Å². The number of carbonyl (C=O) groups is 3. The molecule has 0 fully saturated rings. The average Bonchev–Trinajstić information content (AvgIpc) is 3.47. The van der Waals surface area contributed by atoms with Crippen LogP contribution in [-0.4, -0.2) is 37.2 Å². The van der Waals surface area contributed by atoms with Crippen LogP contribution < -0.4 is 0 Å². The number of unbranched alkanes of at least 4 members (excludes halogenated alkanes) is 25. The van der Waals surface area contributed by atoms with Crippen molar-refractivity contribution >= 4 is 17.9 Å². The first-order chi connectivity index (χ1) is 40.0. The molecule has 0 aliphatic rings. The minimum Gasteiger partial charge on any atom is -0.462 e. The minimum absolute atomic E-state index is 0.116. The van der Waals surface area contributed by atoms with Gasteiger partial charge in [0.25, 0.3) is 0 Å². The minimum atomic E-state index is -0.829. The van der Waals surface area contributed by atoms with Gasteiger partial charge >= 0.3 is 17.9 Å². The summed E-state index contributed by atoms with van der Waals surface area (Å²) in [6, 6.07) is 0. The highest BCUT2D eigenvalue weighted by Gasteiger charge is 2.19. The molecule has 0 aromatic carbocycles. The standard InChI is InChI=1S/C75H122O6/c1-4-7-10-13-16-19-22-25-28-30-32-34-36-37-39-40-42-44-47-50-53-56-59-62-65-68-74(77)80-71-72(70-79-73(76)67-64-61-58-55-52-49-46-27-24-21-18-15-12-9-6-3)81-75(78)69-66-63-60-57-54-51-48-45-43-41-38-35-33-31-29-26-23-20-17-14-11-8-5-2/h7,9-10,12,16,18-19,21,23,25-28,31-34,37,39,46,52,55,61,64,72H,4-6,8,11,13-15,17,20,22,24,29-30,35-36,38,40-45,47-51,53-54,56-60,62-63,65-71H2,1-3H3/b10-7-,12-9-,19-16-,21-18-,26-23-,28-25-,33-31-,34-32-,39-37-,46-27-,55-52-,64-61-. The quantitative estimate of drug-likeness (QED) is 0.0261. The first-order valence-corrected chi connectivity index (χ1v) is 33.3. The Balaban J connectivity index is 4.44. The lowest BCUT2D eigenvalue weighted by Crippen LogP contribution is -2.30. The zero-order chi connectivity index (χ0) is 58.5. The molecule has 0 aromatic rings. The Bertz CT molecular complexity index is 1760. The second kappa shape index (κ2) is 67.8. The van der Waals surface area contributed by atoms with Gasteiger partial charge in [-0.3, -0.25) is 14.4 Å². The van der Waals surface area contributed by atoms with E-state index in [1.165, 1.54) is 135 Å². The molecule has 0 N–H and O–H groups in total. The van der Waals surface area contributed by atoms with Gasteiger partial charge in [-0.25, -0.2) is 0 Å². The van der Waals surface area contributed by atoms with Crippen LogP contribution in [0.3, 0.4) is 0 Å². The van der Waals surface area contributed by atoms with E-state index in [0.29, 0.717) is 12.8 Å². The predicted molar refractivity (Wildman–Crippen MR) is 352 cm³/mol. The molecule has 0 aliphatic heterocycles. The van der Waals surface area contributed by atoms with Crippen molar-refractivity contribution in [3.8, 4) is 0 Å². The van der Waals surface area contributed by atoms with Gasteiger partial charge in [0, 0.05) is 12.8 Å². The first kappa shape index (κ1) is 76.3. The second-order valence-corrected chi connectivity index (χ2v) is 21.6. The van der Waals surface area contributed by atoms with Crippen LogP contribution >= 0.6 is 0 Å². The molecule has 0 bridgehead atoms. The largest absolute Gasteiger partial charge is 0.462 e. The number of carbonyl (C=O) groups excluding carboxylic acids is 3.